The predicted octanol–water partition coefficient (Wildman–Crippen LogP) is 3.39. The number of rotatable bonds is 2. The summed E-state index contributed by atoms with van der Waals surface area (Å²) in [5.74, 6) is -0.0280. The number of nitrogens with zero attached hydrogens (tertiary/aromatic N) is 3. The van der Waals surface area contributed by atoms with Crippen LogP contribution in [0.4, 0.5) is 0 Å². The van der Waals surface area contributed by atoms with E-state index in [2.05, 4.69) is 21.9 Å². The number of ketones is 1. The Bertz CT molecular complexity index is 837. The highest BCUT2D eigenvalue weighted by Gasteiger charge is 2.44. The molecule has 0 bridgehead atoms. The summed E-state index contributed by atoms with van der Waals surface area (Å²) in [7, 11) is 0. The second-order valence-corrected chi connectivity index (χ2v) is 8.88. The summed E-state index contributed by atoms with van der Waals surface area (Å²) in [5, 5.41) is 9.64. The van der Waals surface area contributed by atoms with E-state index in [0.717, 1.165) is 42.8 Å². The Hall–Kier alpha value is -2.12. The molecule has 140 valence electrons. The number of Topliss-reactive ketones (excluding diaryl/α,β-unsaturated/α-hetero) is 1. The third-order valence-corrected chi connectivity index (χ3v) is 7.43. The Balaban J connectivity index is 1.34. The lowest BCUT2D eigenvalue weighted by molar-refractivity contribution is -0.114. The van der Waals surface area contributed by atoms with Gasteiger partial charge in [-0.3, -0.25) is 9.69 Å². The average molecular weight is 361 g/mol. The maximum Gasteiger partial charge on any atom is 0.179 e. The molecule has 5 rings (SSSR count). The predicted molar refractivity (Wildman–Crippen MR) is 105 cm³/mol. The lowest BCUT2D eigenvalue weighted by atomic mass is 9.68. The van der Waals surface area contributed by atoms with Crippen LogP contribution in [0.25, 0.3) is 5.70 Å². The molecule has 4 nitrogen and oxygen atoms in total. The minimum Gasteiger partial charge on any atom is -0.370 e. The van der Waals surface area contributed by atoms with Gasteiger partial charge < -0.3 is 4.90 Å². The molecule has 2 saturated heterocycles. The Morgan fingerprint density at radius 3 is 2.52 bits per heavy atom. The van der Waals surface area contributed by atoms with Gasteiger partial charge in [-0.15, -0.1) is 0 Å². The third-order valence-electron chi connectivity index (χ3n) is 7.43. The van der Waals surface area contributed by atoms with Gasteiger partial charge in [0.25, 0.3) is 0 Å². The zero-order valence-corrected chi connectivity index (χ0v) is 15.9. The van der Waals surface area contributed by atoms with Crippen molar-refractivity contribution >= 4 is 11.5 Å². The van der Waals surface area contributed by atoms with Gasteiger partial charge in [0.05, 0.1) is 5.70 Å². The van der Waals surface area contributed by atoms with E-state index in [9.17, 15) is 10.1 Å². The van der Waals surface area contributed by atoms with Crippen LogP contribution < -0.4 is 0 Å². The van der Waals surface area contributed by atoms with Crippen molar-refractivity contribution in [2.24, 2.45) is 5.41 Å². The SMILES string of the molecule is N#CC1=C(N2CCC(N3CCC4(CCC4)C3)CC2)c2ccccc2CC1=O. The Morgan fingerprint density at radius 1 is 1.07 bits per heavy atom. The molecule has 2 aliphatic heterocycles. The summed E-state index contributed by atoms with van der Waals surface area (Å²) in [6.07, 6.45) is 8.29. The molecule has 0 atom stereocenters. The first kappa shape index (κ1) is 17.0. The van der Waals surface area contributed by atoms with Gasteiger partial charge in [0.1, 0.15) is 11.6 Å². The topological polar surface area (TPSA) is 47.3 Å². The lowest BCUT2D eigenvalue weighted by Crippen LogP contribution is -2.45. The molecular formula is C23H27N3O. The van der Waals surface area contributed by atoms with Gasteiger partial charge in [0.2, 0.25) is 0 Å². The van der Waals surface area contributed by atoms with Gasteiger partial charge in [-0.1, -0.05) is 30.7 Å². The lowest BCUT2D eigenvalue weighted by Gasteiger charge is -2.42. The number of hydrogen-bond acceptors (Lipinski definition) is 4. The van der Waals surface area contributed by atoms with Crippen LogP contribution in [0.3, 0.4) is 0 Å². The molecule has 2 heterocycles. The van der Waals surface area contributed by atoms with E-state index in [4.69, 9.17) is 0 Å². The number of likely N-dealkylation sites (tertiary alicyclic amines) is 2. The average Bonchev–Trinajstić information content (AvgIpc) is 3.13. The molecule has 4 aliphatic rings. The van der Waals surface area contributed by atoms with E-state index in [0.29, 0.717) is 23.5 Å². The molecule has 2 aliphatic carbocycles. The molecule has 1 saturated carbocycles. The minimum absolute atomic E-state index is 0.0280. The third kappa shape index (κ3) is 2.80. The number of fused-ring (bicyclic) bond motifs is 1. The second kappa shape index (κ2) is 6.49. The molecule has 0 aromatic heterocycles. The van der Waals surface area contributed by atoms with Crippen LogP contribution >= 0.6 is 0 Å². The van der Waals surface area contributed by atoms with E-state index < -0.39 is 0 Å². The molecule has 0 amide bonds. The van der Waals surface area contributed by atoms with Gasteiger partial charge in [-0.05, 0) is 49.6 Å². The summed E-state index contributed by atoms with van der Waals surface area (Å²) in [6.45, 7) is 4.44. The number of hydrogen-bond donors (Lipinski definition) is 0. The fourth-order valence-electron chi connectivity index (χ4n) is 5.70. The first-order valence-corrected chi connectivity index (χ1v) is 10.4. The van der Waals surface area contributed by atoms with Gasteiger partial charge in [0, 0.05) is 37.7 Å². The standard InChI is InChI=1S/C23H27N3O/c24-15-20-21(27)14-17-4-1-2-5-19(17)22(20)25-11-6-18(7-12-25)26-13-10-23(16-26)8-3-9-23/h1-2,4-5,18H,3,6-14,16H2. The largest absolute Gasteiger partial charge is 0.370 e. The van der Waals surface area contributed by atoms with E-state index >= 15 is 0 Å². The molecule has 0 radical (unpaired) electrons. The monoisotopic (exact) mass is 361 g/mol. The van der Waals surface area contributed by atoms with Crippen LogP contribution in [0.15, 0.2) is 29.8 Å². The van der Waals surface area contributed by atoms with Crippen molar-refractivity contribution in [3.63, 3.8) is 0 Å². The fourth-order valence-corrected chi connectivity index (χ4v) is 5.70. The number of allylic oxidation sites excluding steroid dienone is 1. The molecule has 1 spiro atoms. The second-order valence-electron chi connectivity index (χ2n) is 8.88. The van der Waals surface area contributed by atoms with Crippen LogP contribution in [0, 0.1) is 16.7 Å². The fraction of sp³-hybridized carbons (Fsp3) is 0.565. The highest BCUT2D eigenvalue weighted by Crippen LogP contribution is 2.49. The summed E-state index contributed by atoms with van der Waals surface area (Å²) in [5.41, 5.74) is 4.05. The van der Waals surface area contributed by atoms with Gasteiger partial charge >= 0.3 is 0 Å². The zero-order valence-electron chi connectivity index (χ0n) is 15.9. The van der Waals surface area contributed by atoms with Crippen molar-refractivity contribution in [2.45, 2.75) is 51.0 Å². The van der Waals surface area contributed by atoms with E-state index in [-0.39, 0.29) is 5.78 Å². The maximum atomic E-state index is 12.5. The molecule has 3 fully saturated rings. The zero-order chi connectivity index (χ0) is 18.4. The van der Waals surface area contributed by atoms with Crippen LogP contribution in [0.5, 0.6) is 0 Å². The number of nitriles is 1. The quantitative estimate of drug-likeness (QED) is 0.810. The molecule has 1 aromatic rings. The van der Waals surface area contributed by atoms with E-state index in [1.807, 2.05) is 18.2 Å². The maximum absolute atomic E-state index is 12.5. The van der Waals surface area contributed by atoms with Crippen molar-refractivity contribution in [1.82, 2.24) is 9.80 Å². The molecule has 0 N–H and O–H groups in total. The molecule has 4 heteroatoms. The van der Waals surface area contributed by atoms with Gasteiger partial charge in [0.15, 0.2) is 5.78 Å². The Kier molecular flexibility index (Phi) is 4.09. The van der Waals surface area contributed by atoms with E-state index in [1.54, 1.807) is 0 Å². The number of carbonyl (C=O) groups is 1. The minimum atomic E-state index is -0.0280. The van der Waals surface area contributed by atoms with Crippen molar-refractivity contribution in [2.75, 3.05) is 26.2 Å². The van der Waals surface area contributed by atoms with Gasteiger partial charge in [-0.2, -0.15) is 5.26 Å². The van der Waals surface area contributed by atoms with Crippen molar-refractivity contribution in [1.29, 1.82) is 5.26 Å². The first-order valence-electron chi connectivity index (χ1n) is 10.4. The van der Waals surface area contributed by atoms with Crippen molar-refractivity contribution in [3.8, 4) is 6.07 Å². The molecule has 27 heavy (non-hydrogen) atoms. The Morgan fingerprint density at radius 2 is 1.85 bits per heavy atom. The summed E-state index contributed by atoms with van der Waals surface area (Å²) < 4.78 is 0. The van der Waals surface area contributed by atoms with Crippen molar-refractivity contribution < 1.29 is 4.79 Å². The number of benzene rings is 1. The van der Waals surface area contributed by atoms with Crippen LogP contribution in [-0.2, 0) is 11.2 Å². The Labute approximate surface area is 161 Å². The normalized spacial score (nSPS) is 25.4. The highest BCUT2D eigenvalue weighted by atomic mass is 16.1. The van der Waals surface area contributed by atoms with Crippen LogP contribution in [-0.4, -0.2) is 47.8 Å². The molecule has 0 unspecified atom stereocenters. The summed E-state index contributed by atoms with van der Waals surface area (Å²) in [4.78, 5) is 17.5. The summed E-state index contributed by atoms with van der Waals surface area (Å²) in [6, 6.07) is 11.0. The molecule has 1 aromatic carbocycles. The van der Waals surface area contributed by atoms with Crippen LogP contribution in [0.2, 0.25) is 0 Å². The highest BCUT2D eigenvalue weighted by molar-refractivity contribution is 6.09. The first-order chi connectivity index (χ1) is 13.2. The number of carbonyl (C=O) groups excluding carboxylic acids is 1. The smallest absolute Gasteiger partial charge is 0.179 e. The molecular weight excluding hydrogens is 334 g/mol. The van der Waals surface area contributed by atoms with E-state index in [1.165, 1.54) is 38.8 Å². The van der Waals surface area contributed by atoms with Crippen LogP contribution in [0.1, 0.15) is 49.7 Å². The summed E-state index contributed by atoms with van der Waals surface area (Å²) >= 11 is 0. The van der Waals surface area contributed by atoms with Gasteiger partial charge in [-0.25, -0.2) is 0 Å². The number of piperidine rings is 1. The van der Waals surface area contributed by atoms with Crippen molar-refractivity contribution in [3.05, 3.63) is 41.0 Å².